The first kappa shape index (κ1) is 45.8. The number of carbonyl (C=O) groups excluding carboxylic acids is 2. The summed E-state index contributed by atoms with van der Waals surface area (Å²) in [5.74, 6) is -0.886. The van der Waals surface area contributed by atoms with Crippen molar-refractivity contribution in [3.8, 4) is 0 Å². The van der Waals surface area contributed by atoms with E-state index < -0.39 is 32.5 Å². The molecule has 0 rings (SSSR count). The Kier molecular flexibility index (Phi) is 33.8. The summed E-state index contributed by atoms with van der Waals surface area (Å²) in [4.78, 5) is 42.7. The molecular weight excluding hydrogens is 615 g/mol. The highest BCUT2D eigenvalue weighted by atomic mass is 31.2. The Morgan fingerprint density at radius 1 is 0.532 bits per heavy atom. The Morgan fingerprint density at radius 2 is 0.894 bits per heavy atom. The third-order valence-corrected chi connectivity index (χ3v) is 9.02. The van der Waals surface area contributed by atoms with Crippen LogP contribution in [0.25, 0.3) is 0 Å². The Morgan fingerprint density at radius 3 is 1.30 bits per heavy atom. The highest BCUT2D eigenvalue weighted by Gasteiger charge is 2.22. The predicted molar refractivity (Wildman–Crippen MR) is 193 cm³/mol. The molecule has 0 saturated heterocycles. The molecule has 0 unspecified atom stereocenters. The summed E-state index contributed by atoms with van der Waals surface area (Å²) in [7, 11) is -4.75. The van der Waals surface area contributed by atoms with Gasteiger partial charge in [-0.05, 0) is 38.5 Å². The lowest BCUT2D eigenvalue weighted by Crippen LogP contribution is -2.29. The van der Waals surface area contributed by atoms with Gasteiger partial charge >= 0.3 is 19.8 Å². The molecule has 0 aromatic carbocycles. The summed E-state index contributed by atoms with van der Waals surface area (Å²) in [6.45, 7) is 3.68. The predicted octanol–water partition coefficient (Wildman–Crippen LogP) is 11.5. The molecule has 0 fully saturated rings. The average molecular weight is 689 g/mol. The minimum absolute atomic E-state index is 0.216. The van der Waals surface area contributed by atoms with E-state index in [2.05, 4.69) is 30.5 Å². The molecule has 278 valence electrons. The van der Waals surface area contributed by atoms with E-state index in [0.29, 0.717) is 6.42 Å². The zero-order chi connectivity index (χ0) is 34.7. The molecule has 47 heavy (non-hydrogen) atoms. The number of unbranched alkanes of at least 4 members (excludes halogenated alkanes) is 24. The summed E-state index contributed by atoms with van der Waals surface area (Å²) >= 11 is 0. The van der Waals surface area contributed by atoms with Crippen LogP contribution in [0.2, 0.25) is 0 Å². The van der Waals surface area contributed by atoms with Gasteiger partial charge in [-0.15, -0.1) is 0 Å². The van der Waals surface area contributed by atoms with Crippen LogP contribution >= 0.6 is 7.82 Å². The first-order chi connectivity index (χ1) is 22.8. The van der Waals surface area contributed by atoms with Gasteiger partial charge in [0.15, 0.2) is 6.10 Å². The summed E-state index contributed by atoms with van der Waals surface area (Å²) < 4.78 is 26.3. The van der Waals surface area contributed by atoms with Gasteiger partial charge in [-0.1, -0.05) is 161 Å². The number of ether oxygens (including phenoxy) is 2. The van der Waals surface area contributed by atoms with Crippen LogP contribution in [-0.2, 0) is 28.2 Å². The third kappa shape index (κ3) is 37.5. The topological polar surface area (TPSA) is 119 Å². The Hall–Kier alpha value is -1.21. The van der Waals surface area contributed by atoms with Crippen molar-refractivity contribution >= 4 is 19.8 Å². The minimum Gasteiger partial charge on any atom is -0.462 e. The molecule has 0 amide bonds. The number of rotatable bonds is 36. The lowest BCUT2D eigenvalue weighted by Gasteiger charge is -2.18. The molecule has 0 bridgehead atoms. The van der Waals surface area contributed by atoms with Crippen molar-refractivity contribution in [2.45, 2.75) is 206 Å². The van der Waals surface area contributed by atoms with Crippen molar-refractivity contribution in [1.29, 1.82) is 0 Å². The molecule has 0 aromatic heterocycles. The fourth-order valence-electron chi connectivity index (χ4n) is 5.60. The number of hydrogen-bond donors (Lipinski definition) is 2. The first-order valence-corrected chi connectivity index (χ1v) is 21.0. The van der Waals surface area contributed by atoms with Gasteiger partial charge in [0.05, 0.1) is 6.61 Å². The van der Waals surface area contributed by atoms with Gasteiger partial charge in [0.2, 0.25) is 0 Å². The molecular formula is C38H73O8P. The molecule has 0 heterocycles. The fourth-order valence-corrected chi connectivity index (χ4v) is 5.96. The Balaban J connectivity index is 3.94. The second-order valence-electron chi connectivity index (χ2n) is 13.3. The summed E-state index contributed by atoms with van der Waals surface area (Å²) in [6, 6.07) is 0. The zero-order valence-corrected chi connectivity index (χ0v) is 31.3. The van der Waals surface area contributed by atoms with Crippen LogP contribution < -0.4 is 0 Å². The fraction of sp³-hybridized carbons (Fsp3) is 0.895. The molecule has 0 spiro atoms. The number of hydrogen-bond acceptors (Lipinski definition) is 6. The van der Waals surface area contributed by atoms with Crippen molar-refractivity contribution in [3.63, 3.8) is 0 Å². The smallest absolute Gasteiger partial charge is 0.462 e. The van der Waals surface area contributed by atoms with E-state index in [1.54, 1.807) is 0 Å². The molecule has 0 aliphatic heterocycles. The Bertz CT molecular complexity index is 782. The number of phosphoric acid groups is 1. The number of allylic oxidation sites excluding steroid dienone is 2. The first-order valence-electron chi connectivity index (χ1n) is 19.5. The van der Waals surface area contributed by atoms with E-state index in [1.165, 1.54) is 109 Å². The second-order valence-corrected chi connectivity index (χ2v) is 14.5. The van der Waals surface area contributed by atoms with Gasteiger partial charge in [-0.25, -0.2) is 4.57 Å². The molecule has 0 radical (unpaired) electrons. The van der Waals surface area contributed by atoms with Crippen LogP contribution in [0, 0.1) is 0 Å². The Labute approximate surface area is 288 Å². The lowest BCUT2D eigenvalue weighted by atomic mass is 10.0. The van der Waals surface area contributed by atoms with Gasteiger partial charge in [0.1, 0.15) is 6.61 Å². The summed E-state index contributed by atoms with van der Waals surface area (Å²) in [6.07, 6.45) is 36.4. The van der Waals surface area contributed by atoms with Crippen molar-refractivity contribution in [2.75, 3.05) is 13.2 Å². The molecule has 9 heteroatoms. The monoisotopic (exact) mass is 689 g/mol. The normalized spacial score (nSPS) is 12.5. The van der Waals surface area contributed by atoms with Crippen molar-refractivity contribution in [3.05, 3.63) is 12.2 Å². The van der Waals surface area contributed by atoms with Crippen LogP contribution in [0.15, 0.2) is 12.2 Å². The maximum absolute atomic E-state index is 12.4. The summed E-state index contributed by atoms with van der Waals surface area (Å²) in [5, 5.41) is 0. The van der Waals surface area contributed by atoms with E-state index in [4.69, 9.17) is 19.3 Å². The molecule has 0 aliphatic rings. The van der Waals surface area contributed by atoms with Crippen LogP contribution in [0.3, 0.4) is 0 Å². The SMILES string of the molecule is CCCCCCCC/C=C/CCCCCCCC(=O)OC[C@H](COP(=O)(O)O)OC(=O)CCCCCCCCCCCCCCCC. The van der Waals surface area contributed by atoms with Crippen molar-refractivity contribution in [2.24, 2.45) is 0 Å². The number of carbonyl (C=O) groups is 2. The van der Waals surface area contributed by atoms with E-state index in [0.717, 1.165) is 57.8 Å². The van der Waals surface area contributed by atoms with Gasteiger partial charge in [0.25, 0.3) is 0 Å². The van der Waals surface area contributed by atoms with Crippen LogP contribution in [0.5, 0.6) is 0 Å². The minimum atomic E-state index is -4.75. The molecule has 0 saturated carbocycles. The summed E-state index contributed by atoms with van der Waals surface area (Å²) in [5.41, 5.74) is 0. The molecule has 8 nitrogen and oxygen atoms in total. The quantitative estimate of drug-likeness (QED) is 0.0289. The van der Waals surface area contributed by atoms with Crippen LogP contribution in [0.1, 0.15) is 200 Å². The van der Waals surface area contributed by atoms with Crippen molar-refractivity contribution < 1.29 is 37.9 Å². The maximum atomic E-state index is 12.4. The highest BCUT2D eigenvalue weighted by molar-refractivity contribution is 7.46. The lowest BCUT2D eigenvalue weighted by molar-refractivity contribution is -0.161. The third-order valence-electron chi connectivity index (χ3n) is 8.53. The van der Waals surface area contributed by atoms with E-state index in [1.807, 2.05) is 0 Å². The highest BCUT2D eigenvalue weighted by Crippen LogP contribution is 2.36. The van der Waals surface area contributed by atoms with Gasteiger partial charge in [-0.3, -0.25) is 14.1 Å². The average Bonchev–Trinajstić information content (AvgIpc) is 3.03. The van der Waals surface area contributed by atoms with E-state index in [-0.39, 0.29) is 19.4 Å². The largest absolute Gasteiger partial charge is 0.469 e. The molecule has 1 atom stereocenters. The van der Waals surface area contributed by atoms with Gasteiger partial charge in [0, 0.05) is 12.8 Å². The number of esters is 2. The van der Waals surface area contributed by atoms with Crippen LogP contribution in [-0.4, -0.2) is 41.0 Å². The van der Waals surface area contributed by atoms with Crippen molar-refractivity contribution in [1.82, 2.24) is 0 Å². The van der Waals surface area contributed by atoms with Crippen LogP contribution in [0.4, 0.5) is 0 Å². The van der Waals surface area contributed by atoms with E-state index in [9.17, 15) is 14.2 Å². The van der Waals surface area contributed by atoms with Gasteiger partial charge < -0.3 is 19.3 Å². The maximum Gasteiger partial charge on any atom is 0.469 e. The molecule has 2 N–H and O–H groups in total. The second kappa shape index (κ2) is 34.6. The standard InChI is InChI=1S/C38H73O8P/c1-3-5-7-9-11-13-15-17-19-21-22-24-26-28-30-32-37(39)44-34-36(35-45-47(41,42)43)46-38(40)33-31-29-27-25-23-20-18-16-14-12-10-8-6-4-2/h17,19,36H,3-16,18,20-35H2,1-2H3,(H2,41,42,43)/b19-17+/t36-/m1/s1. The van der Waals surface area contributed by atoms with E-state index >= 15 is 0 Å². The molecule has 0 aliphatic carbocycles. The van der Waals surface area contributed by atoms with Gasteiger partial charge in [-0.2, -0.15) is 0 Å². The number of phosphoric ester groups is 1. The molecule has 0 aromatic rings. The zero-order valence-electron chi connectivity index (χ0n) is 30.4.